The summed E-state index contributed by atoms with van der Waals surface area (Å²) in [6.45, 7) is 3.67. The lowest BCUT2D eigenvalue weighted by molar-refractivity contribution is -0.119. The van der Waals surface area contributed by atoms with Crippen molar-refractivity contribution in [2.24, 2.45) is 12.8 Å². The number of carbonyl (C=O) groups excluding carboxylic acids is 2. The minimum absolute atomic E-state index is 0.460. The zero-order valence-corrected chi connectivity index (χ0v) is 13.3. The van der Waals surface area contributed by atoms with E-state index in [4.69, 9.17) is 5.73 Å². The van der Waals surface area contributed by atoms with Crippen LogP contribution in [0.3, 0.4) is 0 Å². The van der Waals surface area contributed by atoms with E-state index >= 15 is 0 Å². The highest BCUT2D eigenvalue weighted by molar-refractivity contribution is 8.00. The number of hydrogen-bond donors (Lipinski definition) is 2. The number of primary amides is 1. The Hall–Kier alpha value is -2.35. The van der Waals surface area contributed by atoms with Gasteiger partial charge in [0.05, 0.1) is 5.25 Å². The van der Waals surface area contributed by atoms with Crippen molar-refractivity contribution >= 4 is 23.7 Å². The second kappa shape index (κ2) is 6.61. The lowest BCUT2D eigenvalue weighted by Gasteiger charge is -2.10. The molecule has 1 atom stereocenters. The van der Waals surface area contributed by atoms with Gasteiger partial charge in [0.25, 0.3) is 0 Å². The van der Waals surface area contributed by atoms with Crippen molar-refractivity contribution in [2.45, 2.75) is 24.3 Å². The normalized spacial score (nSPS) is 12.0. The highest BCUT2D eigenvalue weighted by Gasteiger charge is 2.20. The third-order valence-electron chi connectivity index (χ3n) is 3.12. The van der Waals surface area contributed by atoms with E-state index in [9.17, 15) is 9.59 Å². The Balaban J connectivity index is 2.20. The number of benzene rings is 1. The number of carbonyl (C=O) groups is 2. The van der Waals surface area contributed by atoms with Gasteiger partial charge in [-0.1, -0.05) is 36.0 Å². The number of rotatable bonds is 4. The average Bonchev–Trinajstić information content (AvgIpc) is 2.80. The van der Waals surface area contributed by atoms with Gasteiger partial charge in [0, 0.05) is 12.6 Å². The molecule has 0 bridgehead atoms. The van der Waals surface area contributed by atoms with Crippen molar-refractivity contribution in [2.75, 3.05) is 0 Å². The Kier molecular flexibility index (Phi) is 4.81. The Morgan fingerprint density at radius 3 is 2.64 bits per heavy atom. The molecular formula is C14H17N5O2S. The molecule has 0 saturated carbocycles. The van der Waals surface area contributed by atoms with Crippen molar-refractivity contribution in [3.8, 4) is 11.4 Å². The summed E-state index contributed by atoms with van der Waals surface area (Å²) in [5.41, 5.74) is 7.01. The molecule has 0 unspecified atom stereocenters. The molecule has 1 aromatic carbocycles. The van der Waals surface area contributed by atoms with Crippen molar-refractivity contribution in [3.05, 3.63) is 29.8 Å². The molecule has 0 radical (unpaired) electrons. The minimum Gasteiger partial charge on any atom is -0.351 e. The minimum atomic E-state index is -0.865. The lowest BCUT2D eigenvalue weighted by atomic mass is 10.1. The first-order valence-corrected chi connectivity index (χ1v) is 7.50. The second-order valence-electron chi connectivity index (χ2n) is 4.79. The zero-order chi connectivity index (χ0) is 16.3. The van der Waals surface area contributed by atoms with Crippen molar-refractivity contribution in [3.63, 3.8) is 0 Å². The molecule has 22 heavy (non-hydrogen) atoms. The molecule has 2 rings (SSSR count). The number of nitrogens with zero attached hydrogens (tertiary/aromatic N) is 3. The maximum absolute atomic E-state index is 11.7. The van der Waals surface area contributed by atoms with Crippen LogP contribution in [0.5, 0.6) is 0 Å². The molecule has 3 amide bonds. The monoisotopic (exact) mass is 319 g/mol. The Bertz CT molecular complexity index is 713. The van der Waals surface area contributed by atoms with Gasteiger partial charge in [0.15, 0.2) is 11.0 Å². The molecule has 7 nitrogen and oxygen atoms in total. The third kappa shape index (κ3) is 3.45. The SMILES string of the molecule is Cc1ccccc1-c1nnc(S[C@H](C)C(=O)NC(N)=O)n1C. The number of amides is 3. The number of nitrogens with one attached hydrogen (secondary N) is 1. The summed E-state index contributed by atoms with van der Waals surface area (Å²) >= 11 is 1.21. The molecule has 3 N–H and O–H groups in total. The van der Waals surface area contributed by atoms with Gasteiger partial charge in [-0.3, -0.25) is 10.1 Å². The zero-order valence-electron chi connectivity index (χ0n) is 12.5. The summed E-state index contributed by atoms with van der Waals surface area (Å²) in [7, 11) is 1.84. The fourth-order valence-corrected chi connectivity index (χ4v) is 2.73. The molecule has 0 aliphatic rings. The highest BCUT2D eigenvalue weighted by atomic mass is 32.2. The summed E-state index contributed by atoms with van der Waals surface area (Å²) < 4.78 is 1.82. The van der Waals surface area contributed by atoms with Crippen LogP contribution >= 0.6 is 11.8 Å². The summed E-state index contributed by atoms with van der Waals surface area (Å²) in [4.78, 5) is 22.4. The smallest absolute Gasteiger partial charge is 0.318 e. The van der Waals surface area contributed by atoms with Crippen LogP contribution < -0.4 is 11.1 Å². The molecule has 0 fully saturated rings. The van der Waals surface area contributed by atoms with Gasteiger partial charge in [0.1, 0.15) is 0 Å². The molecule has 1 aromatic heterocycles. The van der Waals surface area contributed by atoms with E-state index in [1.54, 1.807) is 6.92 Å². The van der Waals surface area contributed by atoms with Crippen LogP contribution in [-0.2, 0) is 11.8 Å². The number of aromatic nitrogens is 3. The first-order chi connectivity index (χ1) is 10.4. The van der Waals surface area contributed by atoms with E-state index in [0.29, 0.717) is 5.16 Å². The maximum atomic E-state index is 11.7. The summed E-state index contributed by atoms with van der Waals surface area (Å²) in [6, 6.07) is 7.00. The van der Waals surface area contributed by atoms with E-state index in [-0.39, 0.29) is 0 Å². The topological polar surface area (TPSA) is 103 Å². The highest BCUT2D eigenvalue weighted by Crippen LogP contribution is 2.27. The van der Waals surface area contributed by atoms with Crippen molar-refractivity contribution in [1.82, 2.24) is 20.1 Å². The van der Waals surface area contributed by atoms with Crippen molar-refractivity contribution in [1.29, 1.82) is 0 Å². The standard InChI is InChI=1S/C14H17N5O2S/c1-8-6-4-5-7-10(8)11-17-18-14(19(11)3)22-9(2)12(20)16-13(15)21/h4-7,9H,1-3H3,(H3,15,16,20,21)/t9-/m1/s1. The Morgan fingerprint density at radius 1 is 1.32 bits per heavy atom. The predicted octanol–water partition coefficient (Wildman–Crippen LogP) is 1.47. The van der Waals surface area contributed by atoms with Crippen LogP contribution in [-0.4, -0.2) is 32.0 Å². The van der Waals surface area contributed by atoms with Gasteiger partial charge < -0.3 is 10.3 Å². The molecule has 116 valence electrons. The summed E-state index contributed by atoms with van der Waals surface area (Å²) in [5.74, 6) is 0.265. The van der Waals surface area contributed by atoms with E-state index in [2.05, 4.69) is 15.5 Å². The number of thioether (sulfide) groups is 1. The van der Waals surface area contributed by atoms with Gasteiger partial charge in [-0.2, -0.15) is 0 Å². The summed E-state index contributed by atoms with van der Waals surface area (Å²) in [6.07, 6.45) is 0. The van der Waals surface area contributed by atoms with Gasteiger partial charge >= 0.3 is 6.03 Å². The molecule has 0 aliphatic heterocycles. The van der Waals surface area contributed by atoms with E-state index in [0.717, 1.165) is 17.0 Å². The van der Waals surface area contributed by atoms with Crippen LogP contribution in [0.25, 0.3) is 11.4 Å². The van der Waals surface area contributed by atoms with Gasteiger partial charge in [-0.05, 0) is 19.4 Å². The fourth-order valence-electron chi connectivity index (χ4n) is 1.91. The van der Waals surface area contributed by atoms with Gasteiger partial charge in [-0.25, -0.2) is 4.79 Å². The molecule has 0 saturated heterocycles. The number of nitrogens with two attached hydrogens (primary N) is 1. The van der Waals surface area contributed by atoms with Gasteiger partial charge in [-0.15, -0.1) is 10.2 Å². The molecule has 8 heteroatoms. The number of hydrogen-bond acceptors (Lipinski definition) is 5. The molecule has 0 spiro atoms. The second-order valence-corrected chi connectivity index (χ2v) is 6.10. The number of imide groups is 1. The molecular weight excluding hydrogens is 302 g/mol. The van der Waals surface area contributed by atoms with E-state index < -0.39 is 17.2 Å². The Labute approximate surface area is 132 Å². The van der Waals surface area contributed by atoms with Crippen LogP contribution in [0.4, 0.5) is 4.79 Å². The first kappa shape index (κ1) is 16.0. The molecule has 2 aromatic rings. The molecule has 0 aliphatic carbocycles. The van der Waals surface area contributed by atoms with Crippen LogP contribution in [0.2, 0.25) is 0 Å². The number of aryl methyl sites for hydroxylation is 1. The van der Waals surface area contributed by atoms with Crippen molar-refractivity contribution < 1.29 is 9.59 Å². The largest absolute Gasteiger partial charge is 0.351 e. The quantitative estimate of drug-likeness (QED) is 0.831. The lowest BCUT2D eigenvalue weighted by Crippen LogP contribution is -2.39. The Morgan fingerprint density at radius 2 is 2.00 bits per heavy atom. The summed E-state index contributed by atoms with van der Waals surface area (Å²) in [5, 5.41) is 10.4. The fraction of sp³-hybridized carbons (Fsp3) is 0.286. The maximum Gasteiger partial charge on any atom is 0.318 e. The average molecular weight is 319 g/mol. The number of urea groups is 1. The van der Waals surface area contributed by atoms with E-state index in [1.165, 1.54) is 11.8 Å². The van der Waals surface area contributed by atoms with Crippen LogP contribution in [0, 0.1) is 6.92 Å². The van der Waals surface area contributed by atoms with Crippen LogP contribution in [0.15, 0.2) is 29.4 Å². The van der Waals surface area contributed by atoms with E-state index in [1.807, 2.05) is 42.8 Å². The van der Waals surface area contributed by atoms with Crippen LogP contribution in [0.1, 0.15) is 12.5 Å². The predicted molar refractivity (Wildman–Crippen MR) is 84.2 cm³/mol. The third-order valence-corrected chi connectivity index (χ3v) is 4.25. The molecule has 1 heterocycles. The van der Waals surface area contributed by atoms with Gasteiger partial charge in [0.2, 0.25) is 5.91 Å². The first-order valence-electron chi connectivity index (χ1n) is 6.62.